The summed E-state index contributed by atoms with van der Waals surface area (Å²) in [7, 11) is 0. The van der Waals surface area contributed by atoms with E-state index in [2.05, 4.69) is 25.7 Å². The third-order valence-electron chi connectivity index (χ3n) is 4.29. The molecule has 2 nitrogen and oxygen atoms in total. The van der Waals surface area contributed by atoms with Gasteiger partial charge in [-0.3, -0.25) is 9.80 Å². The lowest BCUT2D eigenvalue weighted by Gasteiger charge is -2.34. The molecule has 0 N–H and O–H groups in total. The molecule has 1 aliphatic heterocycles. The van der Waals surface area contributed by atoms with Crippen LogP contribution < -0.4 is 0 Å². The van der Waals surface area contributed by atoms with Crippen LogP contribution in [0.5, 0.6) is 0 Å². The maximum absolute atomic E-state index is 14.0. The van der Waals surface area contributed by atoms with Gasteiger partial charge in [-0.25, -0.2) is 13.2 Å². The number of benzene rings is 2. The van der Waals surface area contributed by atoms with Crippen molar-refractivity contribution in [2.24, 2.45) is 0 Å². The Balaban J connectivity index is 1.56. The monoisotopic (exact) mass is 398 g/mol. The van der Waals surface area contributed by atoms with Crippen molar-refractivity contribution in [2.45, 2.75) is 13.1 Å². The fraction of sp³-hybridized carbons (Fsp3) is 0.333. The average Bonchev–Trinajstić information content (AvgIpc) is 2.57. The average molecular weight is 399 g/mol. The van der Waals surface area contributed by atoms with Crippen LogP contribution in [0.2, 0.25) is 0 Å². The Labute approximate surface area is 148 Å². The van der Waals surface area contributed by atoms with Gasteiger partial charge in [-0.2, -0.15) is 0 Å². The van der Waals surface area contributed by atoms with E-state index in [0.717, 1.165) is 38.3 Å². The van der Waals surface area contributed by atoms with Gasteiger partial charge in [0.15, 0.2) is 0 Å². The van der Waals surface area contributed by atoms with Crippen molar-refractivity contribution in [1.29, 1.82) is 0 Å². The van der Waals surface area contributed by atoms with E-state index in [1.54, 1.807) is 12.1 Å². The molecule has 24 heavy (non-hydrogen) atoms. The quantitative estimate of drug-likeness (QED) is 0.761. The Kier molecular flexibility index (Phi) is 5.58. The van der Waals surface area contributed by atoms with Crippen molar-refractivity contribution in [3.63, 3.8) is 0 Å². The molecule has 0 unspecified atom stereocenters. The molecule has 3 rings (SSSR count). The first-order valence-electron chi connectivity index (χ1n) is 7.84. The zero-order valence-corrected chi connectivity index (χ0v) is 14.7. The van der Waals surface area contributed by atoms with Crippen LogP contribution in [0.15, 0.2) is 40.9 Å². The van der Waals surface area contributed by atoms with Crippen LogP contribution >= 0.6 is 15.9 Å². The van der Waals surface area contributed by atoms with Crippen LogP contribution in [0.25, 0.3) is 0 Å². The van der Waals surface area contributed by atoms with Crippen molar-refractivity contribution >= 4 is 15.9 Å². The van der Waals surface area contributed by atoms with Gasteiger partial charge >= 0.3 is 0 Å². The van der Waals surface area contributed by atoms with E-state index in [4.69, 9.17) is 0 Å². The van der Waals surface area contributed by atoms with Crippen LogP contribution in [0.1, 0.15) is 11.1 Å². The minimum atomic E-state index is -0.421. The summed E-state index contributed by atoms with van der Waals surface area (Å²) in [6.45, 7) is 3.96. The molecule has 1 heterocycles. The number of hydrogen-bond donors (Lipinski definition) is 0. The Bertz CT molecular complexity index is 703. The molecule has 0 aliphatic carbocycles. The molecular formula is C18H18BrF3N2. The summed E-state index contributed by atoms with van der Waals surface area (Å²) in [6.07, 6.45) is 0. The first-order valence-corrected chi connectivity index (χ1v) is 8.64. The summed E-state index contributed by atoms with van der Waals surface area (Å²) in [5, 5.41) is 0. The highest BCUT2D eigenvalue weighted by atomic mass is 79.9. The van der Waals surface area contributed by atoms with E-state index in [1.165, 1.54) is 6.07 Å². The summed E-state index contributed by atoms with van der Waals surface area (Å²) < 4.78 is 41.5. The van der Waals surface area contributed by atoms with Gasteiger partial charge in [-0.05, 0) is 40.2 Å². The predicted molar refractivity (Wildman–Crippen MR) is 91.0 cm³/mol. The molecule has 0 aromatic heterocycles. The molecule has 1 saturated heterocycles. The van der Waals surface area contributed by atoms with E-state index in [0.29, 0.717) is 28.7 Å². The van der Waals surface area contributed by atoms with E-state index in [1.807, 2.05) is 6.07 Å². The van der Waals surface area contributed by atoms with Crippen molar-refractivity contribution in [3.05, 3.63) is 69.4 Å². The fourth-order valence-electron chi connectivity index (χ4n) is 2.92. The Morgan fingerprint density at radius 2 is 1.46 bits per heavy atom. The molecule has 6 heteroatoms. The summed E-state index contributed by atoms with van der Waals surface area (Å²) in [6, 6.07) is 8.84. The van der Waals surface area contributed by atoms with E-state index < -0.39 is 5.82 Å². The molecule has 0 saturated carbocycles. The van der Waals surface area contributed by atoms with E-state index in [9.17, 15) is 13.2 Å². The second-order valence-corrected chi connectivity index (χ2v) is 6.86. The van der Waals surface area contributed by atoms with Gasteiger partial charge in [0.1, 0.15) is 17.5 Å². The Hall–Kier alpha value is -1.37. The predicted octanol–water partition coefficient (Wildman–Crippen LogP) is 4.18. The van der Waals surface area contributed by atoms with Gasteiger partial charge in [0, 0.05) is 50.4 Å². The minimum absolute atomic E-state index is 0.221. The third kappa shape index (κ3) is 4.18. The summed E-state index contributed by atoms with van der Waals surface area (Å²) in [4.78, 5) is 4.26. The summed E-state index contributed by atoms with van der Waals surface area (Å²) in [5.41, 5.74) is 1.04. The maximum atomic E-state index is 14.0. The van der Waals surface area contributed by atoms with Gasteiger partial charge in [0.25, 0.3) is 0 Å². The number of hydrogen-bond acceptors (Lipinski definition) is 2. The number of piperazine rings is 1. The molecule has 0 spiro atoms. The summed E-state index contributed by atoms with van der Waals surface area (Å²) >= 11 is 3.20. The zero-order chi connectivity index (χ0) is 17.1. The number of rotatable bonds is 4. The second-order valence-electron chi connectivity index (χ2n) is 6.00. The largest absolute Gasteiger partial charge is 0.296 e. The lowest BCUT2D eigenvalue weighted by molar-refractivity contribution is 0.120. The minimum Gasteiger partial charge on any atom is -0.296 e. The van der Waals surface area contributed by atoms with Crippen molar-refractivity contribution in [2.75, 3.05) is 26.2 Å². The van der Waals surface area contributed by atoms with Crippen molar-refractivity contribution < 1.29 is 13.2 Å². The lowest BCUT2D eigenvalue weighted by atomic mass is 10.1. The molecule has 0 radical (unpaired) electrons. The first-order chi connectivity index (χ1) is 11.5. The molecule has 1 aliphatic rings. The number of nitrogens with zero attached hydrogens (tertiary/aromatic N) is 2. The van der Waals surface area contributed by atoms with Gasteiger partial charge in [0.2, 0.25) is 0 Å². The highest BCUT2D eigenvalue weighted by Crippen LogP contribution is 2.21. The van der Waals surface area contributed by atoms with Gasteiger partial charge in [0.05, 0.1) is 4.47 Å². The van der Waals surface area contributed by atoms with Crippen LogP contribution in [-0.4, -0.2) is 36.0 Å². The smallest absolute Gasteiger partial charge is 0.141 e. The van der Waals surface area contributed by atoms with Crippen LogP contribution in [0, 0.1) is 17.5 Å². The fourth-order valence-corrected chi connectivity index (χ4v) is 3.33. The molecule has 0 amide bonds. The lowest BCUT2D eigenvalue weighted by Crippen LogP contribution is -2.45. The summed E-state index contributed by atoms with van der Waals surface area (Å²) in [5.74, 6) is -1.02. The first kappa shape index (κ1) is 17.5. The molecule has 128 valence electrons. The maximum Gasteiger partial charge on any atom is 0.141 e. The third-order valence-corrected chi connectivity index (χ3v) is 4.90. The Morgan fingerprint density at radius 1 is 0.833 bits per heavy atom. The number of halogens is 4. The standard InChI is InChI=1S/C18H18BrF3N2/c19-16-3-1-2-13(18(16)22)11-23-6-8-24(9-7-23)12-14-10-15(20)4-5-17(14)21/h1-5,10H,6-9,11-12H2. The topological polar surface area (TPSA) is 6.48 Å². The van der Waals surface area contributed by atoms with Gasteiger partial charge in [-0.1, -0.05) is 12.1 Å². The normalized spacial score (nSPS) is 16.5. The van der Waals surface area contributed by atoms with Crippen LogP contribution in [-0.2, 0) is 13.1 Å². The van der Waals surface area contributed by atoms with Crippen molar-refractivity contribution in [3.8, 4) is 0 Å². The van der Waals surface area contributed by atoms with Gasteiger partial charge in [-0.15, -0.1) is 0 Å². The second kappa shape index (κ2) is 7.68. The SMILES string of the molecule is Fc1ccc(F)c(CN2CCN(Cc3cccc(Br)c3F)CC2)c1. The zero-order valence-electron chi connectivity index (χ0n) is 13.1. The molecular weight excluding hydrogens is 381 g/mol. The molecule has 2 aromatic rings. The molecule has 2 aromatic carbocycles. The molecule has 0 bridgehead atoms. The molecule has 1 fully saturated rings. The van der Waals surface area contributed by atoms with Crippen molar-refractivity contribution in [1.82, 2.24) is 9.80 Å². The van der Waals surface area contributed by atoms with Crippen LogP contribution in [0.3, 0.4) is 0 Å². The van der Waals surface area contributed by atoms with E-state index >= 15 is 0 Å². The molecule has 0 atom stereocenters. The highest BCUT2D eigenvalue weighted by molar-refractivity contribution is 9.10. The Morgan fingerprint density at radius 3 is 2.12 bits per heavy atom. The van der Waals surface area contributed by atoms with Gasteiger partial charge < -0.3 is 0 Å². The highest BCUT2D eigenvalue weighted by Gasteiger charge is 2.19. The van der Waals surface area contributed by atoms with Crippen LogP contribution in [0.4, 0.5) is 13.2 Å². The van der Waals surface area contributed by atoms with E-state index in [-0.39, 0.29) is 11.6 Å².